The molecule has 0 unspecified atom stereocenters. The molecule has 1 aliphatic heterocycles. The van der Waals surface area contributed by atoms with Crippen molar-refractivity contribution in [1.82, 2.24) is 20.1 Å². The molecule has 0 saturated carbocycles. The Bertz CT molecular complexity index is 1080. The summed E-state index contributed by atoms with van der Waals surface area (Å²) in [6.45, 7) is 4.42. The number of nitrogens with two attached hydrogens (primary N) is 1. The van der Waals surface area contributed by atoms with Gasteiger partial charge in [0.1, 0.15) is 5.75 Å². The number of carbonyl (C=O) groups excluding carboxylic acids is 2. The number of aromatic nitrogens is 3. The highest BCUT2D eigenvalue weighted by Gasteiger charge is 2.35. The van der Waals surface area contributed by atoms with Crippen LogP contribution < -0.4 is 5.73 Å². The predicted octanol–water partition coefficient (Wildman–Crippen LogP) is 1.54. The summed E-state index contributed by atoms with van der Waals surface area (Å²) in [6, 6.07) is 8.44. The fourth-order valence-electron chi connectivity index (χ4n) is 3.37. The summed E-state index contributed by atoms with van der Waals surface area (Å²) in [7, 11) is 0. The number of H-pyrrole nitrogens is 1. The molecule has 0 spiro atoms. The minimum atomic E-state index is -0.582. The molecule has 3 heterocycles. The number of nitrogens with one attached hydrogen (secondary N) is 1. The molecule has 1 aromatic carbocycles. The molecule has 2 amide bonds. The highest BCUT2D eigenvalue weighted by molar-refractivity contribution is 6.07. The average Bonchev–Trinajstić information content (AvgIpc) is 2.98. The van der Waals surface area contributed by atoms with Gasteiger partial charge in [0.25, 0.3) is 5.91 Å². The Morgan fingerprint density at radius 1 is 1.30 bits per heavy atom. The van der Waals surface area contributed by atoms with Crippen molar-refractivity contribution in [3.05, 3.63) is 54.2 Å². The van der Waals surface area contributed by atoms with Gasteiger partial charge in [0.2, 0.25) is 5.91 Å². The number of amides is 2. The number of carbonyl (C=O) groups is 2. The number of aromatic hydroxyl groups is 1. The summed E-state index contributed by atoms with van der Waals surface area (Å²) < 4.78 is 0. The van der Waals surface area contributed by atoms with Crippen LogP contribution in [0.1, 0.15) is 22.0 Å². The summed E-state index contributed by atoms with van der Waals surface area (Å²) >= 11 is 0. The molecule has 27 heavy (non-hydrogen) atoms. The monoisotopic (exact) mass is 363 g/mol. The average molecular weight is 363 g/mol. The Balaban J connectivity index is 1.77. The maximum absolute atomic E-state index is 12.1. The van der Waals surface area contributed by atoms with Crippen LogP contribution in [0.4, 0.5) is 0 Å². The number of hydrogen-bond acceptors (Lipinski definition) is 5. The van der Waals surface area contributed by atoms with Gasteiger partial charge in [0.05, 0.1) is 11.3 Å². The molecule has 1 saturated heterocycles. The lowest BCUT2D eigenvalue weighted by Gasteiger charge is -2.38. The van der Waals surface area contributed by atoms with Crippen LogP contribution in [-0.4, -0.2) is 50.1 Å². The van der Waals surface area contributed by atoms with E-state index in [0.717, 1.165) is 0 Å². The van der Waals surface area contributed by atoms with Crippen LogP contribution in [0.15, 0.2) is 43.0 Å². The highest BCUT2D eigenvalue weighted by Crippen LogP contribution is 2.35. The number of phenols is 1. The summed E-state index contributed by atoms with van der Waals surface area (Å²) in [5.74, 6) is -0.704. The second kappa shape index (κ2) is 6.24. The summed E-state index contributed by atoms with van der Waals surface area (Å²) in [5, 5.41) is 18.9. The van der Waals surface area contributed by atoms with Gasteiger partial charge in [-0.2, -0.15) is 0 Å². The topological polar surface area (TPSA) is 125 Å². The van der Waals surface area contributed by atoms with Crippen LogP contribution >= 0.6 is 0 Å². The van der Waals surface area contributed by atoms with Crippen molar-refractivity contribution < 1.29 is 14.7 Å². The lowest BCUT2D eigenvalue weighted by molar-refractivity contribution is -0.130. The van der Waals surface area contributed by atoms with E-state index in [9.17, 15) is 14.7 Å². The first-order chi connectivity index (χ1) is 13.0. The van der Waals surface area contributed by atoms with Crippen molar-refractivity contribution in [2.24, 2.45) is 5.73 Å². The summed E-state index contributed by atoms with van der Waals surface area (Å²) in [6.07, 6.45) is 1.26. The quantitative estimate of drug-likeness (QED) is 0.606. The SMILES string of the molecule is C=CC(=O)N1CC(c2[nH]c3nnc(-c4ccccc4O)cc3c2C(N)=O)C1. The van der Waals surface area contributed by atoms with Gasteiger partial charge in [0.15, 0.2) is 5.65 Å². The minimum Gasteiger partial charge on any atom is -0.507 e. The first-order valence-corrected chi connectivity index (χ1v) is 8.38. The van der Waals surface area contributed by atoms with Crippen LogP contribution in [0.3, 0.4) is 0 Å². The van der Waals surface area contributed by atoms with Crippen LogP contribution in [0.2, 0.25) is 0 Å². The first kappa shape index (κ1) is 16.8. The number of benzene rings is 1. The first-order valence-electron chi connectivity index (χ1n) is 8.38. The molecule has 1 fully saturated rings. The summed E-state index contributed by atoms with van der Waals surface area (Å²) in [4.78, 5) is 28.5. The number of hydrogen-bond donors (Lipinski definition) is 3. The van der Waals surface area contributed by atoms with Gasteiger partial charge in [-0.25, -0.2) is 0 Å². The molecule has 0 bridgehead atoms. The molecular formula is C19H17N5O3. The fraction of sp³-hybridized carbons (Fsp3) is 0.158. The van der Waals surface area contributed by atoms with Gasteiger partial charge < -0.3 is 20.7 Å². The fourth-order valence-corrected chi connectivity index (χ4v) is 3.37. The number of phenolic OH excluding ortho intramolecular Hbond substituents is 1. The largest absolute Gasteiger partial charge is 0.507 e. The smallest absolute Gasteiger partial charge is 0.251 e. The van der Waals surface area contributed by atoms with Gasteiger partial charge in [0, 0.05) is 35.7 Å². The molecule has 1 aliphatic rings. The van der Waals surface area contributed by atoms with Crippen molar-refractivity contribution in [2.75, 3.05) is 13.1 Å². The second-order valence-corrected chi connectivity index (χ2v) is 6.43. The third kappa shape index (κ3) is 2.71. The minimum absolute atomic E-state index is 0.0424. The number of rotatable bonds is 4. The van der Waals surface area contributed by atoms with Crippen molar-refractivity contribution in [2.45, 2.75) is 5.92 Å². The molecular weight excluding hydrogens is 346 g/mol. The normalized spacial score (nSPS) is 14.1. The van der Waals surface area contributed by atoms with Crippen molar-refractivity contribution in [1.29, 1.82) is 0 Å². The lowest BCUT2D eigenvalue weighted by Crippen LogP contribution is -2.48. The van der Waals surface area contributed by atoms with Gasteiger partial charge >= 0.3 is 0 Å². The number of para-hydroxylation sites is 1. The highest BCUT2D eigenvalue weighted by atomic mass is 16.3. The number of likely N-dealkylation sites (tertiary alicyclic amines) is 1. The van der Waals surface area contributed by atoms with Gasteiger partial charge in [-0.15, -0.1) is 10.2 Å². The molecule has 2 aromatic heterocycles. The standard InChI is InChI=1S/C19H17N5O3/c1-2-15(26)24-8-10(9-24)17-16(18(20)27)12-7-13(22-23-19(12)21-17)11-5-3-4-6-14(11)25/h2-7,10,25H,1,8-9H2,(H2,20,27)(H,21,23). The Hall–Kier alpha value is -3.68. The van der Waals surface area contributed by atoms with Crippen LogP contribution in [0.5, 0.6) is 5.75 Å². The second-order valence-electron chi connectivity index (χ2n) is 6.43. The van der Waals surface area contributed by atoms with E-state index in [0.29, 0.717) is 46.6 Å². The van der Waals surface area contributed by atoms with Crippen molar-refractivity contribution in [3.63, 3.8) is 0 Å². The zero-order valence-corrected chi connectivity index (χ0v) is 14.3. The number of fused-ring (bicyclic) bond motifs is 1. The van der Waals surface area contributed by atoms with Crippen molar-refractivity contribution >= 4 is 22.8 Å². The number of primary amides is 1. The van der Waals surface area contributed by atoms with E-state index in [1.165, 1.54) is 6.08 Å². The van der Waals surface area contributed by atoms with E-state index in [4.69, 9.17) is 5.73 Å². The van der Waals surface area contributed by atoms with Crippen LogP contribution in [0, 0.1) is 0 Å². The van der Waals surface area contributed by atoms with E-state index >= 15 is 0 Å². The van der Waals surface area contributed by atoms with E-state index in [-0.39, 0.29) is 17.6 Å². The summed E-state index contributed by atoms with van der Waals surface area (Å²) in [5.41, 5.74) is 8.00. The Morgan fingerprint density at radius 3 is 2.70 bits per heavy atom. The van der Waals surface area contributed by atoms with Gasteiger partial charge in [-0.05, 0) is 24.3 Å². The third-order valence-electron chi connectivity index (χ3n) is 4.79. The van der Waals surface area contributed by atoms with Crippen LogP contribution in [0.25, 0.3) is 22.3 Å². The Morgan fingerprint density at radius 2 is 2.04 bits per heavy atom. The zero-order valence-electron chi connectivity index (χ0n) is 14.3. The van der Waals surface area contributed by atoms with Crippen LogP contribution in [-0.2, 0) is 4.79 Å². The molecule has 0 atom stereocenters. The predicted molar refractivity (Wildman–Crippen MR) is 99.0 cm³/mol. The number of nitrogens with zero attached hydrogens (tertiary/aromatic N) is 3. The molecule has 8 heteroatoms. The molecule has 0 aliphatic carbocycles. The molecule has 4 rings (SSSR count). The molecule has 136 valence electrons. The van der Waals surface area contributed by atoms with E-state index < -0.39 is 5.91 Å². The lowest BCUT2D eigenvalue weighted by atomic mass is 9.92. The maximum Gasteiger partial charge on any atom is 0.251 e. The molecule has 3 aromatic rings. The van der Waals surface area contributed by atoms with Gasteiger partial charge in [-0.1, -0.05) is 18.7 Å². The Labute approximate surface area is 154 Å². The van der Waals surface area contributed by atoms with E-state index in [1.54, 1.807) is 35.2 Å². The molecule has 4 N–H and O–H groups in total. The van der Waals surface area contributed by atoms with Crippen molar-refractivity contribution in [3.8, 4) is 17.0 Å². The number of aromatic amines is 1. The third-order valence-corrected chi connectivity index (χ3v) is 4.79. The molecule has 0 radical (unpaired) electrons. The zero-order chi connectivity index (χ0) is 19.1. The van der Waals surface area contributed by atoms with E-state index in [2.05, 4.69) is 21.8 Å². The maximum atomic E-state index is 12.1. The van der Waals surface area contributed by atoms with E-state index in [1.807, 2.05) is 0 Å². The molecule has 8 nitrogen and oxygen atoms in total. The van der Waals surface area contributed by atoms with Gasteiger partial charge in [-0.3, -0.25) is 9.59 Å². The Kier molecular flexibility index (Phi) is 3.88.